The lowest BCUT2D eigenvalue weighted by molar-refractivity contribution is -0.137. The third kappa shape index (κ3) is 5.33. The van der Waals surface area contributed by atoms with Crippen molar-refractivity contribution in [2.75, 3.05) is 10.6 Å². The van der Waals surface area contributed by atoms with E-state index in [2.05, 4.69) is 25.6 Å². The van der Waals surface area contributed by atoms with E-state index in [4.69, 9.17) is 0 Å². The van der Waals surface area contributed by atoms with E-state index in [0.29, 0.717) is 28.0 Å². The number of para-hydroxylation sites is 1. The summed E-state index contributed by atoms with van der Waals surface area (Å²) in [6.07, 6.45) is -3.00. The monoisotopic (exact) mass is 530 g/mol. The number of amides is 1. The second-order valence-corrected chi connectivity index (χ2v) is 8.77. The number of rotatable bonds is 5. The van der Waals surface area contributed by atoms with Gasteiger partial charge >= 0.3 is 11.9 Å². The van der Waals surface area contributed by atoms with Gasteiger partial charge in [-0.25, -0.2) is 9.78 Å². The fraction of sp³-hybridized carbons (Fsp3) is 0.107. The largest absolute Gasteiger partial charge is 0.416 e. The molecule has 0 fully saturated rings. The number of fused-ring (bicyclic) bond motifs is 1. The highest BCUT2D eigenvalue weighted by atomic mass is 19.4. The quantitative estimate of drug-likeness (QED) is 0.298. The number of aryl methyl sites for hydroxylation is 2. The summed E-state index contributed by atoms with van der Waals surface area (Å²) in [5.41, 5.74) is 1.31. The van der Waals surface area contributed by atoms with E-state index < -0.39 is 23.3 Å². The topological polar surface area (TPSA) is 102 Å². The second-order valence-electron chi connectivity index (χ2n) is 8.77. The standard InChI is InChI=1S/C28H21F3N6O2/c1-16-11-12-21(33-25(38)18-7-6-8-19(13-18)28(29,30)31)14-23(16)37-17(2)22-15-32-26(35-24(22)36-27(37)39)34-20-9-4-3-5-10-20/h3-15H,1-2H3,(H,33,38)(H,34,35,36,39). The smallest absolute Gasteiger partial charge is 0.324 e. The van der Waals surface area contributed by atoms with Crippen LogP contribution in [0.5, 0.6) is 0 Å². The van der Waals surface area contributed by atoms with Gasteiger partial charge in [0.1, 0.15) is 0 Å². The Morgan fingerprint density at radius 3 is 2.41 bits per heavy atom. The van der Waals surface area contributed by atoms with Crippen molar-refractivity contribution in [1.82, 2.24) is 19.5 Å². The maximum atomic E-state index is 13.1. The molecule has 0 atom stereocenters. The summed E-state index contributed by atoms with van der Waals surface area (Å²) < 4.78 is 40.6. The van der Waals surface area contributed by atoms with E-state index in [9.17, 15) is 22.8 Å². The Labute approximate surface area is 220 Å². The van der Waals surface area contributed by atoms with Crippen molar-refractivity contribution in [3.63, 3.8) is 0 Å². The highest BCUT2D eigenvalue weighted by Gasteiger charge is 2.31. The molecule has 8 nitrogen and oxygen atoms in total. The lowest BCUT2D eigenvalue weighted by Crippen LogP contribution is -2.25. The zero-order valence-electron chi connectivity index (χ0n) is 20.7. The molecule has 196 valence electrons. The van der Waals surface area contributed by atoms with Gasteiger partial charge in [0, 0.05) is 28.8 Å². The highest BCUT2D eigenvalue weighted by molar-refractivity contribution is 6.04. The van der Waals surface area contributed by atoms with E-state index in [1.807, 2.05) is 30.3 Å². The zero-order valence-corrected chi connectivity index (χ0v) is 20.7. The Balaban J connectivity index is 1.48. The molecule has 0 radical (unpaired) electrons. The third-order valence-electron chi connectivity index (χ3n) is 6.08. The molecule has 0 saturated heterocycles. The Kier molecular flexibility index (Phi) is 6.57. The van der Waals surface area contributed by atoms with Crippen molar-refractivity contribution in [1.29, 1.82) is 0 Å². The Bertz CT molecular complexity index is 1770. The van der Waals surface area contributed by atoms with Crippen molar-refractivity contribution in [2.45, 2.75) is 20.0 Å². The summed E-state index contributed by atoms with van der Waals surface area (Å²) in [4.78, 5) is 38.7. The Morgan fingerprint density at radius 1 is 0.897 bits per heavy atom. The minimum Gasteiger partial charge on any atom is -0.324 e. The van der Waals surface area contributed by atoms with Gasteiger partial charge in [-0.1, -0.05) is 30.3 Å². The van der Waals surface area contributed by atoms with Crippen molar-refractivity contribution < 1.29 is 18.0 Å². The summed E-state index contributed by atoms with van der Waals surface area (Å²) in [6, 6.07) is 18.3. The van der Waals surface area contributed by atoms with Gasteiger partial charge in [0.15, 0.2) is 5.65 Å². The zero-order chi connectivity index (χ0) is 27.7. The molecule has 2 aromatic heterocycles. The van der Waals surface area contributed by atoms with Gasteiger partial charge in [-0.2, -0.15) is 23.1 Å². The number of benzene rings is 3. The molecule has 5 aromatic rings. The maximum Gasteiger partial charge on any atom is 0.416 e. The van der Waals surface area contributed by atoms with Crippen LogP contribution in [0.4, 0.5) is 30.5 Å². The Morgan fingerprint density at radius 2 is 1.67 bits per heavy atom. The minimum absolute atomic E-state index is 0.148. The van der Waals surface area contributed by atoms with Crippen LogP contribution in [0.1, 0.15) is 27.2 Å². The fourth-order valence-electron chi connectivity index (χ4n) is 4.08. The van der Waals surface area contributed by atoms with Crippen LogP contribution in [0, 0.1) is 13.8 Å². The number of carbonyl (C=O) groups excluding carboxylic acids is 1. The lowest BCUT2D eigenvalue weighted by atomic mass is 10.1. The van der Waals surface area contributed by atoms with E-state index in [-0.39, 0.29) is 17.2 Å². The number of anilines is 3. The van der Waals surface area contributed by atoms with Crippen LogP contribution in [0.2, 0.25) is 0 Å². The first-order chi connectivity index (χ1) is 18.6. The third-order valence-corrected chi connectivity index (χ3v) is 6.08. The predicted molar refractivity (Wildman–Crippen MR) is 142 cm³/mol. The lowest BCUT2D eigenvalue weighted by Gasteiger charge is -2.16. The van der Waals surface area contributed by atoms with Crippen LogP contribution in [0.25, 0.3) is 16.7 Å². The molecule has 0 saturated carbocycles. The molecule has 5 rings (SSSR count). The molecule has 0 unspecified atom stereocenters. The summed E-state index contributed by atoms with van der Waals surface area (Å²) in [5.74, 6) is -0.434. The number of hydrogen-bond acceptors (Lipinski definition) is 6. The molecule has 0 aliphatic heterocycles. The first-order valence-electron chi connectivity index (χ1n) is 11.8. The normalized spacial score (nSPS) is 11.4. The number of hydrogen-bond donors (Lipinski definition) is 2. The maximum absolute atomic E-state index is 13.1. The van der Waals surface area contributed by atoms with Crippen molar-refractivity contribution >= 4 is 34.3 Å². The molecule has 0 aliphatic rings. The number of halogens is 3. The van der Waals surface area contributed by atoms with Gasteiger partial charge in [0.2, 0.25) is 5.95 Å². The molecule has 0 spiro atoms. The van der Waals surface area contributed by atoms with Crippen molar-refractivity contribution in [3.05, 3.63) is 112 Å². The molecule has 3 aromatic carbocycles. The number of nitrogens with zero attached hydrogens (tertiary/aromatic N) is 4. The van der Waals surface area contributed by atoms with Crippen LogP contribution in [-0.2, 0) is 6.18 Å². The molecular formula is C28H21F3N6O2. The average Bonchev–Trinajstić information content (AvgIpc) is 2.90. The van der Waals surface area contributed by atoms with Gasteiger partial charge in [-0.3, -0.25) is 9.36 Å². The SMILES string of the molecule is Cc1ccc(NC(=O)c2cccc(C(F)(F)F)c2)cc1-n1c(C)c2cnc(Nc3ccccc3)nc2nc1=O. The number of aromatic nitrogens is 4. The highest BCUT2D eigenvalue weighted by Crippen LogP contribution is 2.30. The molecule has 1 amide bonds. The first-order valence-corrected chi connectivity index (χ1v) is 11.8. The molecular weight excluding hydrogens is 509 g/mol. The first kappa shape index (κ1) is 25.6. The van der Waals surface area contributed by atoms with E-state index >= 15 is 0 Å². The van der Waals surface area contributed by atoms with Gasteiger partial charge in [-0.05, 0) is 61.9 Å². The van der Waals surface area contributed by atoms with Crippen LogP contribution in [0.15, 0.2) is 83.8 Å². The molecule has 2 N–H and O–H groups in total. The van der Waals surface area contributed by atoms with E-state index in [1.54, 1.807) is 38.2 Å². The molecule has 11 heteroatoms. The van der Waals surface area contributed by atoms with Crippen molar-refractivity contribution in [2.24, 2.45) is 0 Å². The fourth-order valence-corrected chi connectivity index (χ4v) is 4.08. The summed E-state index contributed by atoms with van der Waals surface area (Å²) in [7, 11) is 0. The van der Waals surface area contributed by atoms with Gasteiger partial charge in [0.25, 0.3) is 5.91 Å². The number of carbonyl (C=O) groups is 1. The molecule has 39 heavy (non-hydrogen) atoms. The van der Waals surface area contributed by atoms with Gasteiger partial charge in [-0.15, -0.1) is 0 Å². The number of alkyl halides is 3. The minimum atomic E-state index is -4.57. The van der Waals surface area contributed by atoms with Crippen LogP contribution >= 0.6 is 0 Å². The predicted octanol–water partition coefficient (Wildman–Crippen LogP) is 5.81. The van der Waals surface area contributed by atoms with Crippen LogP contribution < -0.4 is 16.3 Å². The molecule has 2 heterocycles. The van der Waals surface area contributed by atoms with E-state index in [1.165, 1.54) is 16.7 Å². The van der Waals surface area contributed by atoms with Crippen LogP contribution in [0.3, 0.4) is 0 Å². The number of nitrogens with one attached hydrogen (secondary N) is 2. The second kappa shape index (κ2) is 10.0. The molecule has 0 aliphatic carbocycles. The Hall–Kier alpha value is -5.06. The van der Waals surface area contributed by atoms with Crippen LogP contribution in [-0.4, -0.2) is 25.4 Å². The van der Waals surface area contributed by atoms with Crippen molar-refractivity contribution in [3.8, 4) is 5.69 Å². The van der Waals surface area contributed by atoms with E-state index in [0.717, 1.165) is 17.8 Å². The van der Waals surface area contributed by atoms with Gasteiger partial charge in [0.05, 0.1) is 16.6 Å². The summed E-state index contributed by atoms with van der Waals surface area (Å²) in [6.45, 7) is 3.51. The average molecular weight is 531 g/mol. The summed E-state index contributed by atoms with van der Waals surface area (Å²) >= 11 is 0. The van der Waals surface area contributed by atoms with Gasteiger partial charge < -0.3 is 10.6 Å². The summed E-state index contributed by atoms with van der Waals surface area (Å²) in [5, 5.41) is 6.22. The molecule has 0 bridgehead atoms.